The maximum Gasteiger partial charge on any atom is 0.266 e. The summed E-state index contributed by atoms with van der Waals surface area (Å²) in [6, 6.07) is 22.0. The van der Waals surface area contributed by atoms with Crippen LogP contribution in [0.3, 0.4) is 0 Å². The van der Waals surface area contributed by atoms with Gasteiger partial charge in [-0.3, -0.25) is 4.79 Å². The summed E-state index contributed by atoms with van der Waals surface area (Å²) in [5, 5.41) is 12.4. The van der Waals surface area contributed by atoms with Crippen molar-refractivity contribution in [2.24, 2.45) is 0 Å². The number of ether oxygens (including phenoxy) is 4. The molecule has 0 fully saturated rings. The van der Waals surface area contributed by atoms with Gasteiger partial charge in [0.1, 0.15) is 31.5 Å². The molecule has 0 aliphatic carbocycles. The molecule has 1 aliphatic heterocycles. The Kier molecular flexibility index (Phi) is 6.76. The highest BCUT2D eigenvalue weighted by atomic mass is 16.6. The standard InChI is InChI=1S/C26H22N2O5/c1-30-23-9-5-8-19(25(23)33-17-18-6-3-2-4-7-18)14-20(16-27)26(29)28-21-10-11-22-24(15-21)32-13-12-31-22/h2-11,14-15H,12-13,17H2,1H3,(H,28,29). The Morgan fingerprint density at radius 1 is 1.06 bits per heavy atom. The third-order valence-electron chi connectivity index (χ3n) is 4.92. The quantitative estimate of drug-likeness (QED) is 0.425. The van der Waals surface area contributed by atoms with Crippen LogP contribution in [0.5, 0.6) is 23.0 Å². The lowest BCUT2D eigenvalue weighted by Crippen LogP contribution is -2.17. The highest BCUT2D eigenvalue weighted by molar-refractivity contribution is 6.10. The molecule has 0 radical (unpaired) electrons. The van der Waals surface area contributed by atoms with Crippen molar-refractivity contribution in [3.63, 3.8) is 0 Å². The number of nitrogens with one attached hydrogen (secondary N) is 1. The molecule has 0 saturated heterocycles. The molecule has 4 rings (SSSR count). The van der Waals surface area contributed by atoms with Gasteiger partial charge in [0.05, 0.1) is 7.11 Å². The van der Waals surface area contributed by atoms with Crippen molar-refractivity contribution in [3.05, 3.63) is 83.4 Å². The molecule has 3 aromatic carbocycles. The van der Waals surface area contributed by atoms with E-state index in [4.69, 9.17) is 18.9 Å². The van der Waals surface area contributed by atoms with Crippen molar-refractivity contribution < 1.29 is 23.7 Å². The Hall–Kier alpha value is -4.44. The summed E-state index contributed by atoms with van der Waals surface area (Å²) in [4.78, 5) is 12.8. The lowest BCUT2D eigenvalue weighted by atomic mass is 10.1. The number of anilines is 1. The van der Waals surface area contributed by atoms with Crippen molar-refractivity contribution in [3.8, 4) is 29.1 Å². The summed E-state index contributed by atoms with van der Waals surface area (Å²) >= 11 is 0. The fourth-order valence-corrected chi connectivity index (χ4v) is 3.32. The van der Waals surface area contributed by atoms with Gasteiger partial charge in [-0.25, -0.2) is 0 Å². The predicted octanol–water partition coefficient (Wildman–Crippen LogP) is 4.59. The molecule has 3 aromatic rings. The Bertz CT molecular complexity index is 1220. The van der Waals surface area contributed by atoms with E-state index in [9.17, 15) is 10.1 Å². The van der Waals surface area contributed by atoms with Crippen LogP contribution >= 0.6 is 0 Å². The van der Waals surface area contributed by atoms with Gasteiger partial charge < -0.3 is 24.3 Å². The zero-order chi connectivity index (χ0) is 23.0. The fraction of sp³-hybridized carbons (Fsp3) is 0.154. The van der Waals surface area contributed by atoms with Gasteiger partial charge in [0.2, 0.25) is 0 Å². The molecule has 0 aromatic heterocycles. The van der Waals surface area contributed by atoms with Crippen LogP contribution in [0.1, 0.15) is 11.1 Å². The number of nitriles is 1. The Balaban J connectivity index is 1.57. The number of fused-ring (bicyclic) bond motifs is 1. The summed E-state index contributed by atoms with van der Waals surface area (Å²) in [5.41, 5.74) is 1.95. The van der Waals surface area contributed by atoms with E-state index in [1.54, 1.807) is 36.4 Å². The van der Waals surface area contributed by atoms with E-state index in [0.717, 1.165) is 5.56 Å². The molecular formula is C26H22N2O5. The third kappa shape index (κ3) is 5.25. The molecule has 0 unspecified atom stereocenters. The molecule has 0 spiro atoms. The SMILES string of the molecule is COc1cccc(C=C(C#N)C(=O)Nc2ccc3c(c2)OCCO3)c1OCc1ccccc1. The number of amides is 1. The maximum absolute atomic E-state index is 12.8. The second kappa shape index (κ2) is 10.2. The monoisotopic (exact) mass is 442 g/mol. The number of para-hydroxylation sites is 1. The zero-order valence-corrected chi connectivity index (χ0v) is 18.0. The summed E-state index contributed by atoms with van der Waals surface area (Å²) < 4.78 is 22.5. The summed E-state index contributed by atoms with van der Waals surface area (Å²) in [5.74, 6) is 1.57. The van der Waals surface area contributed by atoms with Crippen LogP contribution in [-0.2, 0) is 11.4 Å². The number of hydrogen-bond acceptors (Lipinski definition) is 6. The minimum absolute atomic E-state index is 0.0808. The first-order valence-electron chi connectivity index (χ1n) is 10.3. The molecule has 7 heteroatoms. The average Bonchev–Trinajstić information content (AvgIpc) is 2.86. The number of nitrogens with zero attached hydrogens (tertiary/aromatic N) is 1. The molecule has 7 nitrogen and oxygen atoms in total. The smallest absolute Gasteiger partial charge is 0.266 e. The minimum atomic E-state index is -0.550. The van der Waals surface area contributed by atoms with Gasteiger partial charge in [0.25, 0.3) is 5.91 Å². The van der Waals surface area contributed by atoms with E-state index in [0.29, 0.717) is 54.1 Å². The first kappa shape index (κ1) is 21.8. The molecule has 1 amide bonds. The second-order valence-corrected chi connectivity index (χ2v) is 7.14. The Morgan fingerprint density at radius 3 is 2.61 bits per heavy atom. The van der Waals surface area contributed by atoms with Crippen molar-refractivity contribution in [2.75, 3.05) is 25.6 Å². The topological polar surface area (TPSA) is 89.8 Å². The van der Waals surface area contributed by atoms with Crippen molar-refractivity contribution in [1.29, 1.82) is 5.26 Å². The zero-order valence-electron chi connectivity index (χ0n) is 18.0. The Morgan fingerprint density at radius 2 is 1.85 bits per heavy atom. The molecule has 1 heterocycles. The van der Waals surface area contributed by atoms with Crippen LogP contribution in [0.4, 0.5) is 5.69 Å². The van der Waals surface area contributed by atoms with Crippen LogP contribution < -0.4 is 24.3 Å². The van der Waals surface area contributed by atoms with E-state index >= 15 is 0 Å². The number of benzene rings is 3. The van der Waals surface area contributed by atoms with E-state index in [1.165, 1.54) is 13.2 Å². The largest absolute Gasteiger partial charge is 0.493 e. The summed E-state index contributed by atoms with van der Waals surface area (Å²) in [6.07, 6.45) is 1.48. The lowest BCUT2D eigenvalue weighted by Gasteiger charge is -2.19. The maximum atomic E-state index is 12.8. The molecule has 0 bridgehead atoms. The highest BCUT2D eigenvalue weighted by Crippen LogP contribution is 2.34. The lowest BCUT2D eigenvalue weighted by molar-refractivity contribution is -0.112. The van der Waals surface area contributed by atoms with Gasteiger partial charge in [-0.1, -0.05) is 42.5 Å². The van der Waals surface area contributed by atoms with Crippen LogP contribution in [0.2, 0.25) is 0 Å². The van der Waals surface area contributed by atoms with Crippen molar-refractivity contribution >= 4 is 17.7 Å². The third-order valence-corrected chi connectivity index (χ3v) is 4.92. The van der Waals surface area contributed by atoms with Crippen LogP contribution in [0.15, 0.2) is 72.3 Å². The van der Waals surface area contributed by atoms with Crippen molar-refractivity contribution in [1.82, 2.24) is 0 Å². The number of methoxy groups -OCH3 is 1. The highest BCUT2D eigenvalue weighted by Gasteiger charge is 2.16. The molecular weight excluding hydrogens is 420 g/mol. The van der Waals surface area contributed by atoms with E-state index < -0.39 is 5.91 Å². The predicted molar refractivity (Wildman–Crippen MR) is 123 cm³/mol. The normalized spacial score (nSPS) is 12.4. The molecule has 1 N–H and O–H groups in total. The van der Waals surface area contributed by atoms with Crippen LogP contribution in [0, 0.1) is 11.3 Å². The minimum Gasteiger partial charge on any atom is -0.493 e. The number of carbonyl (C=O) groups is 1. The fourth-order valence-electron chi connectivity index (χ4n) is 3.32. The molecule has 0 saturated carbocycles. The van der Waals surface area contributed by atoms with E-state index in [2.05, 4.69) is 5.32 Å². The van der Waals surface area contributed by atoms with Crippen LogP contribution in [0.25, 0.3) is 6.08 Å². The van der Waals surface area contributed by atoms with E-state index in [1.807, 2.05) is 36.4 Å². The number of carbonyl (C=O) groups excluding carboxylic acids is 1. The Labute approximate surface area is 191 Å². The van der Waals surface area contributed by atoms with Gasteiger partial charge in [0.15, 0.2) is 23.0 Å². The number of hydrogen-bond donors (Lipinski definition) is 1. The van der Waals surface area contributed by atoms with Gasteiger partial charge in [-0.2, -0.15) is 5.26 Å². The molecule has 1 aliphatic rings. The molecule has 33 heavy (non-hydrogen) atoms. The van der Waals surface area contributed by atoms with Crippen LogP contribution in [-0.4, -0.2) is 26.2 Å². The van der Waals surface area contributed by atoms with Gasteiger partial charge >= 0.3 is 0 Å². The van der Waals surface area contributed by atoms with Crippen molar-refractivity contribution in [2.45, 2.75) is 6.61 Å². The first-order chi connectivity index (χ1) is 16.2. The first-order valence-corrected chi connectivity index (χ1v) is 10.3. The summed E-state index contributed by atoms with van der Waals surface area (Å²) in [6.45, 7) is 1.23. The molecule has 0 atom stereocenters. The molecule has 166 valence electrons. The average molecular weight is 442 g/mol. The van der Waals surface area contributed by atoms with Gasteiger partial charge in [0, 0.05) is 17.3 Å². The number of rotatable bonds is 7. The van der Waals surface area contributed by atoms with Gasteiger partial charge in [-0.05, 0) is 29.8 Å². The van der Waals surface area contributed by atoms with E-state index in [-0.39, 0.29) is 5.57 Å². The summed E-state index contributed by atoms with van der Waals surface area (Å²) in [7, 11) is 1.54. The van der Waals surface area contributed by atoms with Gasteiger partial charge in [-0.15, -0.1) is 0 Å². The second-order valence-electron chi connectivity index (χ2n) is 7.14.